The Balaban J connectivity index is 5.36. The van der Waals surface area contributed by atoms with Gasteiger partial charge in [-0.25, -0.2) is 4.79 Å². The first-order valence-corrected chi connectivity index (χ1v) is 12.2. The van der Waals surface area contributed by atoms with Crippen molar-refractivity contribution in [3.05, 3.63) is 0 Å². The van der Waals surface area contributed by atoms with E-state index in [0.717, 1.165) is 0 Å². The molecule has 0 rings (SSSR count). The van der Waals surface area contributed by atoms with Crippen LogP contribution < -0.4 is 33.2 Å². The van der Waals surface area contributed by atoms with Crippen LogP contribution in [0.1, 0.15) is 67.2 Å². The number of aliphatic imine (C=N–C) groups is 1. The minimum absolute atomic E-state index is 0.0432. The fraction of sp³-hybridized carbons (Fsp3) is 0.783. The summed E-state index contributed by atoms with van der Waals surface area (Å²) in [4.78, 5) is 54.1. The second-order valence-corrected chi connectivity index (χ2v) is 9.69. The average Bonchev–Trinajstić information content (AvgIpc) is 2.75. The number of carbonyl (C=O) groups is 4. The van der Waals surface area contributed by atoms with Gasteiger partial charge in [0.15, 0.2) is 5.96 Å². The normalized spacial score (nSPS) is 15.5. The van der Waals surface area contributed by atoms with E-state index in [1.807, 2.05) is 20.8 Å². The minimum atomic E-state index is -1.14. The van der Waals surface area contributed by atoms with Crippen LogP contribution in [0.2, 0.25) is 0 Å². The number of nitrogens with zero attached hydrogens (tertiary/aromatic N) is 1. The Bertz CT molecular complexity index is 738. The van der Waals surface area contributed by atoms with Crippen molar-refractivity contribution in [1.29, 1.82) is 0 Å². The van der Waals surface area contributed by atoms with Crippen LogP contribution >= 0.6 is 0 Å². The second-order valence-electron chi connectivity index (χ2n) is 9.69. The third-order valence-corrected chi connectivity index (χ3v) is 5.67. The lowest BCUT2D eigenvalue weighted by molar-refractivity contribution is -0.144. The van der Waals surface area contributed by atoms with Gasteiger partial charge in [-0.2, -0.15) is 0 Å². The van der Waals surface area contributed by atoms with E-state index in [0.29, 0.717) is 32.2 Å². The molecule has 5 atom stereocenters. The smallest absolute Gasteiger partial charge is 0.326 e. The van der Waals surface area contributed by atoms with Gasteiger partial charge in [0.25, 0.3) is 0 Å². The summed E-state index contributed by atoms with van der Waals surface area (Å²) in [6.45, 7) is 11.2. The highest BCUT2D eigenvalue weighted by atomic mass is 16.4. The Morgan fingerprint density at radius 1 is 0.886 bits per heavy atom. The lowest BCUT2D eigenvalue weighted by Crippen LogP contribution is -2.59. The number of aliphatic carboxylic acids is 1. The molecular formula is C23H45N7O5. The molecule has 0 bridgehead atoms. The molecule has 0 aromatic carbocycles. The summed E-state index contributed by atoms with van der Waals surface area (Å²) in [7, 11) is 0. The molecular weight excluding hydrogens is 454 g/mol. The first-order valence-electron chi connectivity index (χ1n) is 12.2. The Morgan fingerprint density at radius 3 is 1.91 bits per heavy atom. The molecule has 0 saturated heterocycles. The van der Waals surface area contributed by atoms with Gasteiger partial charge in [0.1, 0.15) is 18.1 Å². The third kappa shape index (κ3) is 12.4. The maximum absolute atomic E-state index is 13.1. The van der Waals surface area contributed by atoms with Crippen molar-refractivity contribution < 1.29 is 24.3 Å². The van der Waals surface area contributed by atoms with Crippen LogP contribution in [0.25, 0.3) is 0 Å². The zero-order valence-electron chi connectivity index (χ0n) is 21.8. The number of carboxylic acids is 1. The lowest BCUT2D eigenvalue weighted by Gasteiger charge is -2.28. The van der Waals surface area contributed by atoms with Gasteiger partial charge in [0.2, 0.25) is 17.7 Å². The third-order valence-electron chi connectivity index (χ3n) is 5.67. The van der Waals surface area contributed by atoms with Crippen LogP contribution in [-0.2, 0) is 19.2 Å². The van der Waals surface area contributed by atoms with E-state index in [9.17, 15) is 24.3 Å². The van der Waals surface area contributed by atoms with Gasteiger partial charge in [-0.1, -0.05) is 48.0 Å². The van der Waals surface area contributed by atoms with E-state index in [1.54, 1.807) is 20.8 Å². The van der Waals surface area contributed by atoms with E-state index in [2.05, 4.69) is 20.9 Å². The Hall–Kier alpha value is -2.89. The number of guanidine groups is 1. The zero-order chi connectivity index (χ0) is 27.3. The topological polar surface area (TPSA) is 215 Å². The number of hydrogen-bond donors (Lipinski definition) is 7. The van der Waals surface area contributed by atoms with Crippen molar-refractivity contribution in [2.24, 2.45) is 39.9 Å². The fourth-order valence-corrected chi connectivity index (χ4v) is 3.35. The van der Waals surface area contributed by atoms with Gasteiger partial charge in [-0.05, 0) is 37.0 Å². The van der Waals surface area contributed by atoms with E-state index >= 15 is 0 Å². The molecule has 12 heteroatoms. The Kier molecular flexibility index (Phi) is 14.6. The molecule has 12 nitrogen and oxygen atoms in total. The lowest BCUT2D eigenvalue weighted by atomic mass is 9.97. The molecule has 5 unspecified atom stereocenters. The van der Waals surface area contributed by atoms with Crippen LogP contribution in [0.3, 0.4) is 0 Å². The summed E-state index contributed by atoms with van der Waals surface area (Å²) >= 11 is 0. The molecule has 0 aliphatic heterocycles. The number of amides is 3. The largest absolute Gasteiger partial charge is 0.480 e. The summed E-state index contributed by atoms with van der Waals surface area (Å²) in [5.74, 6) is -3.34. The summed E-state index contributed by atoms with van der Waals surface area (Å²) in [5.41, 5.74) is 16.5. The number of nitrogens with two attached hydrogens (primary N) is 3. The number of nitrogens with one attached hydrogen (secondary N) is 3. The molecule has 0 radical (unpaired) electrons. The monoisotopic (exact) mass is 499 g/mol. The molecule has 35 heavy (non-hydrogen) atoms. The van der Waals surface area contributed by atoms with Gasteiger partial charge in [-0.15, -0.1) is 0 Å². The van der Waals surface area contributed by atoms with Crippen LogP contribution in [0.4, 0.5) is 0 Å². The van der Waals surface area contributed by atoms with Crippen molar-refractivity contribution in [3.63, 3.8) is 0 Å². The number of hydrogen-bond acceptors (Lipinski definition) is 6. The highest BCUT2D eigenvalue weighted by Crippen LogP contribution is 2.12. The summed E-state index contributed by atoms with van der Waals surface area (Å²) in [6.07, 6.45) is 1.67. The molecule has 0 fully saturated rings. The molecule has 0 spiro atoms. The van der Waals surface area contributed by atoms with Crippen molar-refractivity contribution >= 4 is 29.7 Å². The zero-order valence-corrected chi connectivity index (χ0v) is 21.8. The van der Waals surface area contributed by atoms with E-state index in [1.165, 1.54) is 0 Å². The van der Waals surface area contributed by atoms with Gasteiger partial charge in [-0.3, -0.25) is 19.4 Å². The highest BCUT2D eigenvalue weighted by Gasteiger charge is 2.33. The van der Waals surface area contributed by atoms with Crippen LogP contribution in [0.5, 0.6) is 0 Å². The van der Waals surface area contributed by atoms with Crippen molar-refractivity contribution in [2.45, 2.75) is 91.4 Å². The first kappa shape index (κ1) is 32.1. The standard InChI is InChI=1S/C23H45N7O5/c1-7-14(6)18(22(34)35)30-20(32)16(11-12(2)3)28-21(33)17(13(4)5)29-19(31)15(24)9-8-10-27-23(25)26/h12-18H,7-11,24H2,1-6H3,(H,28,33)(H,29,31)(H,30,32)(H,34,35)(H4,25,26,27). The molecule has 202 valence electrons. The molecule has 0 aromatic heterocycles. The number of carboxylic acid groups (broad SMARTS) is 1. The van der Waals surface area contributed by atoms with Gasteiger partial charge in [0.05, 0.1) is 6.04 Å². The minimum Gasteiger partial charge on any atom is -0.480 e. The Labute approximate surface area is 208 Å². The van der Waals surface area contributed by atoms with E-state index in [4.69, 9.17) is 17.2 Å². The predicted octanol–water partition coefficient (Wildman–Crippen LogP) is -0.345. The predicted molar refractivity (Wildman–Crippen MR) is 135 cm³/mol. The summed E-state index contributed by atoms with van der Waals surface area (Å²) in [6, 6.07) is -3.82. The molecule has 0 aromatic rings. The maximum atomic E-state index is 13.1. The molecule has 0 heterocycles. The van der Waals surface area contributed by atoms with Gasteiger partial charge < -0.3 is 38.3 Å². The van der Waals surface area contributed by atoms with Crippen LogP contribution in [0, 0.1) is 17.8 Å². The molecule has 0 aliphatic rings. The van der Waals surface area contributed by atoms with Gasteiger partial charge in [0, 0.05) is 6.54 Å². The fourth-order valence-electron chi connectivity index (χ4n) is 3.35. The van der Waals surface area contributed by atoms with Crippen molar-refractivity contribution in [2.75, 3.05) is 6.54 Å². The quantitative estimate of drug-likeness (QED) is 0.0844. The van der Waals surface area contributed by atoms with E-state index < -0.39 is 47.9 Å². The Morgan fingerprint density at radius 2 is 1.46 bits per heavy atom. The molecule has 10 N–H and O–H groups in total. The number of rotatable bonds is 16. The highest BCUT2D eigenvalue weighted by molar-refractivity contribution is 5.94. The SMILES string of the molecule is CCC(C)C(NC(=O)C(CC(C)C)NC(=O)C(NC(=O)C(N)CCCN=C(N)N)C(C)C)C(=O)O. The van der Waals surface area contributed by atoms with Crippen LogP contribution in [-0.4, -0.2) is 65.5 Å². The van der Waals surface area contributed by atoms with Crippen LogP contribution in [0.15, 0.2) is 4.99 Å². The molecule has 0 aliphatic carbocycles. The van der Waals surface area contributed by atoms with Crippen molar-refractivity contribution in [3.8, 4) is 0 Å². The van der Waals surface area contributed by atoms with E-state index in [-0.39, 0.29) is 23.7 Å². The summed E-state index contributed by atoms with van der Waals surface area (Å²) < 4.78 is 0. The molecule has 0 saturated carbocycles. The van der Waals surface area contributed by atoms with Gasteiger partial charge >= 0.3 is 5.97 Å². The second kappa shape index (κ2) is 15.9. The summed E-state index contributed by atoms with van der Waals surface area (Å²) in [5, 5.41) is 17.4. The van der Waals surface area contributed by atoms with Crippen molar-refractivity contribution in [1.82, 2.24) is 16.0 Å². The number of carbonyl (C=O) groups excluding carboxylic acids is 3. The molecule has 3 amide bonds. The average molecular weight is 500 g/mol. The maximum Gasteiger partial charge on any atom is 0.326 e. The first-order chi connectivity index (χ1) is 16.2.